The average molecular weight is 684 g/mol. The Bertz CT molecular complexity index is 12.5. The third-order valence-corrected chi connectivity index (χ3v) is 0. The summed E-state index contributed by atoms with van der Waals surface area (Å²) in [7, 11) is 0. The van der Waals surface area contributed by atoms with Crippen molar-refractivity contribution in [3.8, 4) is 0 Å². The second kappa shape index (κ2) is 65.7. The van der Waals surface area contributed by atoms with Gasteiger partial charge in [-0.2, -0.15) is 0 Å². The van der Waals surface area contributed by atoms with Crippen LogP contribution in [0.5, 0.6) is 0 Å². The molecular weight excluding hydrogens is 675 g/mol. The van der Waals surface area contributed by atoms with Crippen LogP contribution in [0, 0.1) is 165 Å². The van der Waals surface area contributed by atoms with Crippen LogP contribution in [0.2, 0.25) is 0 Å². The quantitative estimate of drug-likeness (QED) is 0.238. The van der Waals surface area contributed by atoms with Crippen molar-refractivity contribution < 1.29 is 209 Å². The van der Waals surface area contributed by atoms with E-state index in [1.165, 1.54) is 0 Å². The van der Waals surface area contributed by atoms with E-state index in [0.717, 1.165) is 0 Å². The average Bonchev–Trinajstić information content (AvgIpc) is 0. The van der Waals surface area contributed by atoms with Gasteiger partial charge in [-0.25, -0.2) is 0 Å². The van der Waals surface area contributed by atoms with Gasteiger partial charge in [0.05, 0.1) is 0 Å². The molecule has 9 heteroatoms. The van der Waals surface area contributed by atoms with E-state index in [4.69, 9.17) is 0 Å². The van der Waals surface area contributed by atoms with Crippen LogP contribution in [0.4, 0.5) is 0 Å². The molecule has 4 nitrogen and oxygen atoms in total. The molecule has 0 spiro atoms. The van der Waals surface area contributed by atoms with Crippen molar-refractivity contribution >= 4 is 0 Å². The third kappa shape index (κ3) is 56.0. The van der Waals surface area contributed by atoms with Crippen LogP contribution in [0.3, 0.4) is 0 Å². The number of rotatable bonds is 0. The van der Waals surface area contributed by atoms with Crippen molar-refractivity contribution in [3.05, 3.63) is 0 Å². The largest absolute Gasteiger partial charge is 0.412 e. The van der Waals surface area contributed by atoms with Crippen LogP contribution < -0.4 is 0 Å². The molecule has 0 atom stereocenters. The third-order valence-electron chi connectivity index (χ3n) is 0. The zero-order chi connectivity index (χ0) is 0. The van der Waals surface area contributed by atoms with Crippen LogP contribution in [0.25, 0.3) is 0 Å². The molecule has 0 bridgehead atoms. The maximum Gasteiger partial charge on any atom is 0 e. The molecule has 0 rings (SSSR count). The molecule has 0 saturated heterocycles. The van der Waals surface area contributed by atoms with E-state index in [2.05, 4.69) is 0 Å². The van der Waals surface area contributed by atoms with Gasteiger partial charge in [0.25, 0.3) is 0 Å². The summed E-state index contributed by atoms with van der Waals surface area (Å²) in [5.41, 5.74) is 0. The first-order valence-electron chi connectivity index (χ1n) is 0. The molecule has 0 aromatic heterocycles. The van der Waals surface area contributed by atoms with Crippen LogP contribution in [0.15, 0.2) is 0 Å². The van der Waals surface area contributed by atoms with Gasteiger partial charge < -0.3 is 21.9 Å². The Hall–Kier alpha value is 6.01. The van der Waals surface area contributed by atoms with Crippen LogP contribution in [-0.2, 0) is 21.7 Å². The van der Waals surface area contributed by atoms with E-state index in [1.807, 2.05) is 0 Å². The van der Waals surface area contributed by atoms with E-state index in [-0.39, 0.29) is 209 Å². The van der Waals surface area contributed by atoms with Gasteiger partial charge in [-0.05, 0) is 0 Å². The minimum Gasteiger partial charge on any atom is -0.412 e. The van der Waals surface area contributed by atoms with Gasteiger partial charge >= 0.3 is 0 Å². The Balaban J connectivity index is 0. The molecule has 0 aromatic rings. The fraction of sp³-hybridized carbons (Fsp3) is 0. The summed E-state index contributed by atoms with van der Waals surface area (Å²) >= 11 is 0. The predicted octanol–water partition coefficient (Wildman–Crippen LogP) is -3.30. The van der Waals surface area contributed by atoms with Gasteiger partial charge in [0.15, 0.2) is 0 Å². The Labute approximate surface area is 202 Å². The van der Waals surface area contributed by atoms with Gasteiger partial charge in [-0.3, -0.25) is 0 Å². The van der Waals surface area contributed by atoms with Crippen molar-refractivity contribution in [1.29, 1.82) is 0 Å². The summed E-state index contributed by atoms with van der Waals surface area (Å²) in [6, 6.07) is 0. The van der Waals surface area contributed by atoms with E-state index in [9.17, 15) is 0 Å². The van der Waals surface area contributed by atoms with Crippen molar-refractivity contribution in [1.82, 2.24) is 0 Å². The summed E-state index contributed by atoms with van der Waals surface area (Å²) in [5.74, 6) is 0. The molecule has 0 heterocycles. The summed E-state index contributed by atoms with van der Waals surface area (Å²) in [6.45, 7) is 0. The number of hydrogen-bond acceptors (Lipinski definition) is 0. The predicted molar refractivity (Wildman–Crippen MR) is 14.5 cm³/mol. The topological polar surface area (TPSA) is 126 Å². The van der Waals surface area contributed by atoms with Crippen LogP contribution in [0.1, 0.15) is 0 Å². The Morgan fingerprint density at radius 1 is 0.333 bits per heavy atom. The summed E-state index contributed by atoms with van der Waals surface area (Å²) in [6.07, 6.45) is 0. The zero-order valence-corrected chi connectivity index (χ0v) is 21.2. The second-order valence-corrected chi connectivity index (χ2v) is 0. The van der Waals surface area contributed by atoms with Crippen LogP contribution >= 0.6 is 0 Å². The van der Waals surface area contributed by atoms with Gasteiger partial charge in [0.1, 0.15) is 0 Å². The van der Waals surface area contributed by atoms with E-state index >= 15 is 0 Å². The van der Waals surface area contributed by atoms with Crippen molar-refractivity contribution in [2.75, 3.05) is 0 Å². The van der Waals surface area contributed by atoms with Gasteiger partial charge in [0, 0.05) is 187 Å². The maximum absolute atomic E-state index is 0. The zero-order valence-electron chi connectivity index (χ0n) is 4.81. The first-order valence-corrected chi connectivity index (χ1v) is 0. The monoisotopic (exact) mass is 684 g/mol. The molecule has 0 unspecified atom stereocenters. The molecule has 0 amide bonds. The van der Waals surface area contributed by atoms with Gasteiger partial charge in [-0.1, -0.05) is 0 Å². The smallest absolute Gasteiger partial charge is 0 e. The Morgan fingerprint density at radius 3 is 0.333 bits per heavy atom. The van der Waals surface area contributed by atoms with Crippen molar-refractivity contribution in [3.63, 3.8) is 0 Å². The van der Waals surface area contributed by atoms with Gasteiger partial charge in [0.2, 0.25) is 0 Å². The first-order chi connectivity index (χ1) is 0. The molecule has 48 valence electrons. The molecule has 0 aliphatic heterocycles. The van der Waals surface area contributed by atoms with Crippen LogP contribution in [-0.4, -0.2) is 21.9 Å². The molecule has 0 fully saturated rings. The molecule has 0 saturated carbocycles. The van der Waals surface area contributed by atoms with E-state index < -0.39 is 0 Å². The van der Waals surface area contributed by atoms with Crippen molar-refractivity contribution in [2.45, 2.75) is 0 Å². The maximum atomic E-state index is 0. The normalized spacial score (nSPS) is 0. The first kappa shape index (κ1) is 81.6. The molecule has 0 aliphatic carbocycles. The summed E-state index contributed by atoms with van der Waals surface area (Å²) in [4.78, 5) is 0. The molecule has 8 N–H and O–H groups in total. The Morgan fingerprint density at radius 2 is 0.333 bits per heavy atom. The minimum atomic E-state index is 0. The standard InChI is InChI=1S/4H2O.4Pr.Ti/h4*1H2;;;;;. The Kier molecular flexibility index (Phi) is 595. The summed E-state index contributed by atoms with van der Waals surface area (Å²) in [5, 5.41) is 0. The van der Waals surface area contributed by atoms with E-state index in [0.29, 0.717) is 0 Å². The molecule has 0 aromatic carbocycles. The SMILES string of the molecule is O.O.O.O.[Pr].[Pr].[Pr].[Pr].[Ti]. The fourth-order valence-corrected chi connectivity index (χ4v) is 0. The molecule has 4 radical (unpaired) electrons. The minimum absolute atomic E-state index is 0. The molecule has 0 aliphatic rings. The molecule has 9 heavy (non-hydrogen) atoms. The summed E-state index contributed by atoms with van der Waals surface area (Å²) < 4.78 is 0. The molecular formula is H8O4Pr4Ti. The fourth-order valence-electron chi connectivity index (χ4n) is 0. The second-order valence-electron chi connectivity index (χ2n) is 0. The van der Waals surface area contributed by atoms with E-state index in [1.54, 1.807) is 0 Å². The number of hydrogen-bond donors (Lipinski definition) is 0. The van der Waals surface area contributed by atoms with Crippen molar-refractivity contribution in [2.24, 2.45) is 0 Å². The van der Waals surface area contributed by atoms with Gasteiger partial charge in [-0.15, -0.1) is 0 Å².